The number of hydrogen-bond acceptors (Lipinski definition) is 9. The van der Waals surface area contributed by atoms with E-state index in [0.717, 1.165) is 16.7 Å². The minimum absolute atomic E-state index is 0.0833. The van der Waals surface area contributed by atoms with Gasteiger partial charge in [-0.1, -0.05) is 45.0 Å². The van der Waals surface area contributed by atoms with E-state index in [1.165, 1.54) is 12.1 Å². The van der Waals surface area contributed by atoms with Crippen LogP contribution in [0.1, 0.15) is 73.9 Å². The summed E-state index contributed by atoms with van der Waals surface area (Å²) in [5.41, 5.74) is 4.69. The van der Waals surface area contributed by atoms with Crippen LogP contribution in [0.15, 0.2) is 59.6 Å². The minimum Gasteiger partial charge on any atom is -0.475 e. The fraction of sp³-hybridized carbons (Fsp3) is 0.417. The molecule has 1 N–H and O–H groups in total. The topological polar surface area (TPSA) is 131 Å². The molecular formula is C36H45N7O4S. The SMILES string of the molecule is Cc1cccc(C)c1-c1cc2nc(n1)NS(=O)(=O)c1cccc(c1)C(=O)N(Cc1nc(N(C)C(C)C)cnc1C)[C@H](CC(C)(C)C)CO2. The molecule has 0 unspecified atom stereocenters. The lowest BCUT2D eigenvalue weighted by atomic mass is 9.87. The van der Waals surface area contributed by atoms with Crippen molar-refractivity contribution >= 4 is 27.7 Å². The molecule has 254 valence electrons. The lowest BCUT2D eigenvalue weighted by molar-refractivity contribution is 0.0508. The fourth-order valence-corrected chi connectivity index (χ4v) is 6.76. The zero-order valence-electron chi connectivity index (χ0n) is 29.2. The first-order chi connectivity index (χ1) is 22.5. The van der Waals surface area contributed by atoms with E-state index in [4.69, 9.17) is 9.72 Å². The van der Waals surface area contributed by atoms with Crippen LogP contribution in [0.4, 0.5) is 11.8 Å². The third kappa shape index (κ3) is 7.75. The number of sulfonamides is 1. The number of fused-ring (bicyclic) bond motifs is 4. The van der Waals surface area contributed by atoms with Gasteiger partial charge in [0.25, 0.3) is 15.9 Å². The molecule has 2 aromatic carbocycles. The van der Waals surface area contributed by atoms with Crippen molar-refractivity contribution in [3.63, 3.8) is 0 Å². The second-order valence-electron chi connectivity index (χ2n) is 13.9. The summed E-state index contributed by atoms with van der Waals surface area (Å²) in [6.45, 7) is 16.5. The van der Waals surface area contributed by atoms with E-state index in [1.54, 1.807) is 29.3 Å². The van der Waals surface area contributed by atoms with Crippen molar-refractivity contribution in [2.45, 2.75) is 85.3 Å². The van der Waals surface area contributed by atoms with Crippen molar-refractivity contribution in [3.05, 3.63) is 82.8 Å². The molecule has 1 aliphatic rings. The third-order valence-electron chi connectivity index (χ3n) is 8.53. The number of aryl methyl sites for hydroxylation is 3. The molecule has 0 fully saturated rings. The summed E-state index contributed by atoms with van der Waals surface area (Å²) < 4.78 is 36.3. The zero-order chi connectivity index (χ0) is 35.0. The Morgan fingerprint density at radius 3 is 2.38 bits per heavy atom. The molecule has 1 atom stereocenters. The van der Waals surface area contributed by atoms with E-state index < -0.39 is 16.1 Å². The van der Waals surface area contributed by atoms with E-state index in [-0.39, 0.29) is 52.8 Å². The van der Waals surface area contributed by atoms with E-state index in [9.17, 15) is 13.2 Å². The van der Waals surface area contributed by atoms with E-state index >= 15 is 0 Å². The zero-order valence-corrected chi connectivity index (χ0v) is 30.0. The van der Waals surface area contributed by atoms with Crippen LogP contribution in [0.2, 0.25) is 0 Å². The van der Waals surface area contributed by atoms with Crippen LogP contribution in [0, 0.1) is 26.2 Å². The number of carbonyl (C=O) groups excluding carboxylic acids is 1. The van der Waals surface area contributed by atoms with E-state index in [2.05, 4.69) is 54.3 Å². The Hall–Kier alpha value is -4.58. The largest absolute Gasteiger partial charge is 0.475 e. The summed E-state index contributed by atoms with van der Waals surface area (Å²) in [7, 11) is -2.22. The van der Waals surface area contributed by atoms with Crippen molar-refractivity contribution in [3.8, 4) is 17.1 Å². The maximum atomic E-state index is 14.5. The van der Waals surface area contributed by atoms with Crippen LogP contribution in [-0.4, -0.2) is 64.9 Å². The van der Waals surface area contributed by atoms with Gasteiger partial charge in [-0.2, -0.15) is 4.98 Å². The molecule has 1 aliphatic heterocycles. The highest BCUT2D eigenvalue weighted by Crippen LogP contribution is 2.32. The Bertz CT molecular complexity index is 1920. The smallest absolute Gasteiger partial charge is 0.264 e. The van der Waals surface area contributed by atoms with Crippen molar-refractivity contribution in [1.29, 1.82) is 0 Å². The summed E-state index contributed by atoms with van der Waals surface area (Å²) in [6.07, 6.45) is 2.31. The number of anilines is 2. The highest BCUT2D eigenvalue weighted by atomic mass is 32.2. The summed E-state index contributed by atoms with van der Waals surface area (Å²) in [6, 6.07) is 13.4. The average Bonchev–Trinajstić information content (AvgIpc) is 3.01. The van der Waals surface area contributed by atoms with E-state index in [0.29, 0.717) is 29.3 Å². The number of nitrogens with zero attached hydrogens (tertiary/aromatic N) is 6. The number of carbonyl (C=O) groups is 1. The fourth-order valence-electron chi connectivity index (χ4n) is 5.77. The lowest BCUT2D eigenvalue weighted by Crippen LogP contribution is -2.45. The number of hydrogen-bond donors (Lipinski definition) is 1. The standard InChI is InChI=1S/C36H45N7O4S/c1-22(2)42(9)31-19-37-25(5)30(38-31)20-43-27(18-36(6,7)8)21-47-32-17-29(33-23(3)12-10-13-24(33)4)39-35(40-32)41-48(45,46)28-15-11-14-26(16-28)34(43)44/h10-17,19,22,27H,18,20-21H2,1-9H3,(H,39,40,41)/t27-/m1/s1. The van der Waals surface area contributed by atoms with Crippen molar-refractivity contribution in [2.24, 2.45) is 5.41 Å². The summed E-state index contributed by atoms with van der Waals surface area (Å²) in [4.78, 5) is 36.9. The van der Waals surface area contributed by atoms with Gasteiger partial charge >= 0.3 is 0 Å². The lowest BCUT2D eigenvalue weighted by Gasteiger charge is -2.36. The predicted molar refractivity (Wildman–Crippen MR) is 188 cm³/mol. The van der Waals surface area contributed by atoms with Gasteiger partial charge in [0.2, 0.25) is 11.8 Å². The molecule has 11 nitrogen and oxygen atoms in total. The number of nitrogens with one attached hydrogen (secondary N) is 1. The Kier molecular flexibility index (Phi) is 9.77. The molecule has 12 heteroatoms. The normalized spacial score (nSPS) is 16.3. The summed E-state index contributed by atoms with van der Waals surface area (Å²) in [5, 5.41) is 0. The molecule has 3 heterocycles. The molecule has 4 bridgehead atoms. The van der Waals surface area contributed by atoms with Crippen molar-refractivity contribution in [2.75, 3.05) is 23.3 Å². The molecule has 1 amide bonds. The Labute approximate surface area is 283 Å². The summed E-state index contributed by atoms with van der Waals surface area (Å²) in [5.74, 6) is 0.415. The van der Waals surface area contributed by atoms with Gasteiger partial charge in [-0.3, -0.25) is 9.78 Å². The molecule has 2 aromatic heterocycles. The molecule has 5 rings (SSSR count). The third-order valence-corrected chi connectivity index (χ3v) is 9.85. The van der Waals surface area contributed by atoms with E-state index in [1.807, 2.05) is 50.9 Å². The van der Waals surface area contributed by atoms with Gasteiger partial charge in [0.1, 0.15) is 12.4 Å². The average molecular weight is 672 g/mol. The summed E-state index contributed by atoms with van der Waals surface area (Å²) >= 11 is 0. The molecule has 0 spiro atoms. The quantitative estimate of drug-likeness (QED) is 0.249. The number of aromatic nitrogens is 4. The monoisotopic (exact) mass is 671 g/mol. The first-order valence-electron chi connectivity index (χ1n) is 16.1. The van der Waals surface area contributed by atoms with Crippen LogP contribution in [0.5, 0.6) is 5.88 Å². The molecular weight excluding hydrogens is 627 g/mol. The van der Waals surface area contributed by atoms with Gasteiger partial charge in [0.15, 0.2) is 0 Å². The second kappa shape index (κ2) is 13.5. The van der Waals surface area contributed by atoms with Gasteiger partial charge in [-0.15, -0.1) is 0 Å². The molecule has 4 aromatic rings. The van der Waals surface area contributed by atoms with Crippen molar-refractivity contribution in [1.82, 2.24) is 24.8 Å². The van der Waals surface area contributed by atoms with Gasteiger partial charge in [0.05, 0.1) is 40.8 Å². The predicted octanol–water partition coefficient (Wildman–Crippen LogP) is 6.34. The Morgan fingerprint density at radius 1 is 1.02 bits per heavy atom. The highest BCUT2D eigenvalue weighted by molar-refractivity contribution is 7.92. The number of rotatable bonds is 6. The maximum Gasteiger partial charge on any atom is 0.264 e. The van der Waals surface area contributed by atoms with Crippen LogP contribution >= 0.6 is 0 Å². The van der Waals surface area contributed by atoms with Crippen LogP contribution in [0.25, 0.3) is 11.3 Å². The molecule has 0 aliphatic carbocycles. The highest BCUT2D eigenvalue weighted by Gasteiger charge is 2.32. The van der Waals surface area contributed by atoms with Gasteiger partial charge in [-0.05, 0) is 75.8 Å². The van der Waals surface area contributed by atoms with Crippen LogP contribution in [0.3, 0.4) is 0 Å². The Morgan fingerprint density at radius 2 is 1.71 bits per heavy atom. The molecule has 0 saturated heterocycles. The van der Waals surface area contributed by atoms with Crippen LogP contribution in [-0.2, 0) is 16.6 Å². The molecule has 48 heavy (non-hydrogen) atoms. The number of amides is 1. The molecule has 0 saturated carbocycles. The first-order valence-corrected chi connectivity index (χ1v) is 17.6. The first kappa shape index (κ1) is 34.7. The minimum atomic E-state index is -4.18. The van der Waals surface area contributed by atoms with Crippen molar-refractivity contribution < 1.29 is 17.9 Å². The number of ether oxygens (including phenoxy) is 1. The molecule has 0 radical (unpaired) electrons. The Balaban J connectivity index is 1.68. The van der Waals surface area contributed by atoms with Crippen LogP contribution < -0.4 is 14.4 Å². The maximum absolute atomic E-state index is 14.5. The second-order valence-corrected chi connectivity index (χ2v) is 15.6. The number of benzene rings is 2. The van der Waals surface area contributed by atoms with Gasteiger partial charge in [0, 0.05) is 30.3 Å². The van der Waals surface area contributed by atoms with Gasteiger partial charge < -0.3 is 14.5 Å². The van der Waals surface area contributed by atoms with Gasteiger partial charge in [-0.25, -0.2) is 23.1 Å².